The summed E-state index contributed by atoms with van der Waals surface area (Å²) in [6.45, 7) is 7.17. The van der Waals surface area contributed by atoms with Crippen molar-refractivity contribution in [2.45, 2.75) is 77.5 Å². The number of amides is 4. The van der Waals surface area contributed by atoms with Crippen molar-refractivity contribution in [2.75, 3.05) is 0 Å². The standard InChI is InChI=1S/C25H39N5O6/c1-5-15(4)21(30-23(33)20(27)14(2)3)24(34)28-17(11-12-19(26)31)22(32)29-18(25(35)36)13-16-9-7-6-8-10-16/h6-10,14-15,17-18,20-21H,5,11-13,27H2,1-4H3,(H2,26,31)(H,28,34)(H,29,32)(H,30,33)(H,35,36). The summed E-state index contributed by atoms with van der Waals surface area (Å²) in [5, 5.41) is 17.3. The zero-order chi connectivity index (χ0) is 27.4. The minimum absolute atomic E-state index is 0.0248. The summed E-state index contributed by atoms with van der Waals surface area (Å²) in [5.74, 6) is -4.31. The first-order chi connectivity index (χ1) is 16.9. The second-order valence-electron chi connectivity index (χ2n) is 9.30. The number of nitrogens with two attached hydrogens (primary N) is 2. The molecule has 8 N–H and O–H groups in total. The lowest BCUT2D eigenvalue weighted by atomic mass is 9.96. The van der Waals surface area contributed by atoms with Gasteiger partial charge in [-0.1, -0.05) is 64.4 Å². The van der Waals surface area contributed by atoms with E-state index < -0.39 is 53.8 Å². The van der Waals surface area contributed by atoms with E-state index in [1.807, 2.05) is 6.92 Å². The maximum absolute atomic E-state index is 13.2. The monoisotopic (exact) mass is 505 g/mol. The summed E-state index contributed by atoms with van der Waals surface area (Å²) < 4.78 is 0. The molecule has 1 rings (SSSR count). The predicted molar refractivity (Wildman–Crippen MR) is 134 cm³/mol. The number of benzene rings is 1. The fraction of sp³-hybridized carbons (Fsp3) is 0.560. The van der Waals surface area contributed by atoms with Crippen molar-refractivity contribution in [1.29, 1.82) is 0 Å². The molecule has 1 aromatic rings. The second-order valence-corrected chi connectivity index (χ2v) is 9.30. The van der Waals surface area contributed by atoms with Gasteiger partial charge in [0, 0.05) is 12.8 Å². The van der Waals surface area contributed by atoms with E-state index in [1.165, 1.54) is 0 Å². The number of carboxylic acid groups (broad SMARTS) is 1. The highest BCUT2D eigenvalue weighted by Crippen LogP contribution is 2.11. The summed E-state index contributed by atoms with van der Waals surface area (Å²) in [7, 11) is 0. The average molecular weight is 506 g/mol. The largest absolute Gasteiger partial charge is 0.480 e. The lowest BCUT2D eigenvalue weighted by Crippen LogP contribution is -2.59. The highest BCUT2D eigenvalue weighted by atomic mass is 16.4. The van der Waals surface area contributed by atoms with E-state index in [2.05, 4.69) is 16.0 Å². The molecule has 0 aromatic heterocycles. The van der Waals surface area contributed by atoms with Crippen molar-refractivity contribution in [2.24, 2.45) is 23.3 Å². The number of nitrogens with one attached hydrogen (secondary N) is 3. The number of hydrogen-bond acceptors (Lipinski definition) is 6. The molecule has 0 fully saturated rings. The van der Waals surface area contributed by atoms with Gasteiger partial charge >= 0.3 is 5.97 Å². The summed E-state index contributed by atoms with van der Waals surface area (Å²) in [5.41, 5.74) is 11.8. The molecule has 0 bridgehead atoms. The number of rotatable bonds is 15. The Morgan fingerprint density at radius 3 is 1.97 bits per heavy atom. The van der Waals surface area contributed by atoms with Gasteiger partial charge in [0.25, 0.3) is 0 Å². The Morgan fingerprint density at radius 2 is 1.47 bits per heavy atom. The van der Waals surface area contributed by atoms with Crippen LogP contribution in [0, 0.1) is 11.8 Å². The van der Waals surface area contributed by atoms with Crippen LogP contribution in [0.3, 0.4) is 0 Å². The molecule has 0 radical (unpaired) electrons. The second kappa shape index (κ2) is 14.8. The van der Waals surface area contributed by atoms with Gasteiger partial charge < -0.3 is 32.5 Å². The molecule has 0 aliphatic carbocycles. The molecule has 0 aliphatic rings. The normalized spacial score (nSPS) is 15.2. The van der Waals surface area contributed by atoms with Gasteiger partial charge in [-0.2, -0.15) is 0 Å². The molecule has 0 saturated carbocycles. The van der Waals surface area contributed by atoms with E-state index in [0.717, 1.165) is 0 Å². The number of carboxylic acids is 1. The van der Waals surface area contributed by atoms with E-state index in [4.69, 9.17) is 11.5 Å². The fourth-order valence-electron chi connectivity index (χ4n) is 3.39. The topological polar surface area (TPSA) is 194 Å². The summed E-state index contributed by atoms with van der Waals surface area (Å²) in [6, 6.07) is 4.43. The number of aliphatic carboxylic acids is 1. The molecule has 200 valence electrons. The molecular weight excluding hydrogens is 466 g/mol. The number of carbonyl (C=O) groups excluding carboxylic acids is 4. The Kier molecular flexibility index (Phi) is 12.6. The third-order valence-electron chi connectivity index (χ3n) is 6.02. The van der Waals surface area contributed by atoms with Crippen LogP contribution < -0.4 is 27.4 Å². The first-order valence-electron chi connectivity index (χ1n) is 12.1. The van der Waals surface area contributed by atoms with Gasteiger partial charge in [-0.05, 0) is 23.8 Å². The Bertz CT molecular complexity index is 907. The van der Waals surface area contributed by atoms with Gasteiger partial charge in [0.1, 0.15) is 18.1 Å². The van der Waals surface area contributed by atoms with Gasteiger partial charge in [0.05, 0.1) is 6.04 Å². The van der Waals surface area contributed by atoms with Crippen LogP contribution in [-0.4, -0.2) is 58.9 Å². The lowest BCUT2D eigenvalue weighted by Gasteiger charge is -2.28. The van der Waals surface area contributed by atoms with Gasteiger partial charge in [0.2, 0.25) is 23.6 Å². The number of carbonyl (C=O) groups is 5. The number of hydrogen-bond donors (Lipinski definition) is 6. The van der Waals surface area contributed by atoms with Crippen molar-refractivity contribution in [3.05, 3.63) is 35.9 Å². The average Bonchev–Trinajstić information content (AvgIpc) is 2.83. The Morgan fingerprint density at radius 1 is 0.889 bits per heavy atom. The first-order valence-corrected chi connectivity index (χ1v) is 12.1. The van der Waals surface area contributed by atoms with E-state index in [0.29, 0.717) is 12.0 Å². The molecule has 0 heterocycles. The zero-order valence-corrected chi connectivity index (χ0v) is 21.3. The third-order valence-corrected chi connectivity index (χ3v) is 6.02. The fourth-order valence-corrected chi connectivity index (χ4v) is 3.39. The highest BCUT2D eigenvalue weighted by Gasteiger charge is 2.33. The molecule has 11 nitrogen and oxygen atoms in total. The SMILES string of the molecule is CCC(C)C(NC(=O)C(N)C(C)C)C(=O)NC(CCC(N)=O)C(=O)NC(Cc1ccccc1)C(=O)O. The van der Waals surface area contributed by atoms with Gasteiger partial charge in [-0.25, -0.2) is 4.79 Å². The molecule has 0 spiro atoms. The van der Waals surface area contributed by atoms with Crippen LogP contribution in [-0.2, 0) is 30.4 Å². The van der Waals surface area contributed by atoms with Gasteiger partial charge in [-0.15, -0.1) is 0 Å². The predicted octanol–water partition coefficient (Wildman–Crippen LogP) is 0.0630. The van der Waals surface area contributed by atoms with Crippen molar-refractivity contribution in [3.8, 4) is 0 Å². The summed E-state index contributed by atoms with van der Waals surface area (Å²) in [6.07, 6.45) is 0.216. The molecule has 0 saturated heterocycles. The molecule has 0 aliphatic heterocycles. The van der Waals surface area contributed by atoms with Gasteiger partial charge in [-0.3, -0.25) is 19.2 Å². The minimum Gasteiger partial charge on any atom is -0.480 e. The van der Waals surface area contributed by atoms with Gasteiger partial charge in [0.15, 0.2) is 0 Å². The summed E-state index contributed by atoms with van der Waals surface area (Å²) in [4.78, 5) is 61.9. The van der Waals surface area contributed by atoms with Crippen LogP contribution in [0.5, 0.6) is 0 Å². The quantitative estimate of drug-likeness (QED) is 0.194. The molecule has 5 atom stereocenters. The molecule has 4 amide bonds. The van der Waals surface area contributed by atoms with E-state index >= 15 is 0 Å². The lowest BCUT2D eigenvalue weighted by molar-refractivity contribution is -0.142. The van der Waals surface area contributed by atoms with E-state index in [1.54, 1.807) is 51.1 Å². The summed E-state index contributed by atoms with van der Waals surface area (Å²) >= 11 is 0. The van der Waals surface area contributed by atoms with E-state index in [9.17, 15) is 29.1 Å². The molecule has 11 heteroatoms. The van der Waals surface area contributed by atoms with Crippen molar-refractivity contribution >= 4 is 29.6 Å². The number of primary amides is 1. The van der Waals surface area contributed by atoms with Crippen molar-refractivity contribution in [3.63, 3.8) is 0 Å². The maximum atomic E-state index is 13.2. The minimum atomic E-state index is -1.26. The van der Waals surface area contributed by atoms with Crippen LogP contribution in [0.2, 0.25) is 0 Å². The Labute approximate surface area is 211 Å². The van der Waals surface area contributed by atoms with Crippen LogP contribution in [0.1, 0.15) is 52.5 Å². The molecule has 5 unspecified atom stereocenters. The smallest absolute Gasteiger partial charge is 0.326 e. The van der Waals surface area contributed by atoms with Crippen LogP contribution >= 0.6 is 0 Å². The Hall–Kier alpha value is -3.47. The molecular formula is C25H39N5O6. The maximum Gasteiger partial charge on any atom is 0.326 e. The van der Waals surface area contributed by atoms with Crippen LogP contribution in [0.15, 0.2) is 30.3 Å². The zero-order valence-electron chi connectivity index (χ0n) is 21.3. The molecule has 36 heavy (non-hydrogen) atoms. The first kappa shape index (κ1) is 30.6. The highest BCUT2D eigenvalue weighted by molar-refractivity contribution is 5.94. The van der Waals surface area contributed by atoms with E-state index in [-0.39, 0.29) is 31.1 Å². The van der Waals surface area contributed by atoms with Crippen LogP contribution in [0.4, 0.5) is 0 Å². The third kappa shape index (κ3) is 10.0. The van der Waals surface area contributed by atoms with Crippen molar-refractivity contribution < 1.29 is 29.1 Å². The van der Waals surface area contributed by atoms with Crippen molar-refractivity contribution in [1.82, 2.24) is 16.0 Å². The Balaban J connectivity index is 3.07. The van der Waals surface area contributed by atoms with Crippen LogP contribution in [0.25, 0.3) is 0 Å². The molecule has 1 aromatic carbocycles.